The molecule has 0 aromatic rings. The largest absolute Gasteiger partial charge is 0.464 e. The standard InChI is InChI=1S/C19H35NO2/c1-5-8-17(16-9-6-7-10-16)18(21)22-12-11-20-14-15(2)13-19(20,3)4/h15-17H,5-14H2,1-4H3/t15-,17-/m1/s1. The van der Waals surface area contributed by atoms with E-state index < -0.39 is 0 Å². The maximum Gasteiger partial charge on any atom is 0.309 e. The van der Waals surface area contributed by atoms with Crippen molar-refractivity contribution >= 4 is 5.97 Å². The van der Waals surface area contributed by atoms with Crippen LogP contribution in [0.15, 0.2) is 0 Å². The van der Waals surface area contributed by atoms with E-state index in [4.69, 9.17) is 4.74 Å². The number of likely N-dealkylation sites (tertiary alicyclic amines) is 1. The summed E-state index contributed by atoms with van der Waals surface area (Å²) in [6.07, 6.45) is 8.33. The maximum atomic E-state index is 12.5. The molecule has 1 aliphatic heterocycles. The molecule has 0 bridgehead atoms. The normalized spacial score (nSPS) is 27.2. The highest BCUT2D eigenvalue weighted by molar-refractivity contribution is 5.72. The van der Waals surface area contributed by atoms with Crippen LogP contribution in [0.1, 0.15) is 72.6 Å². The second kappa shape index (κ2) is 7.81. The number of carbonyl (C=O) groups is 1. The lowest BCUT2D eigenvalue weighted by atomic mass is 9.87. The monoisotopic (exact) mass is 309 g/mol. The first-order chi connectivity index (χ1) is 10.4. The predicted octanol–water partition coefficient (Wildman–Crippen LogP) is 4.26. The number of hydrogen-bond acceptors (Lipinski definition) is 3. The van der Waals surface area contributed by atoms with Gasteiger partial charge in [-0.1, -0.05) is 33.1 Å². The van der Waals surface area contributed by atoms with Gasteiger partial charge in [0.2, 0.25) is 0 Å². The topological polar surface area (TPSA) is 29.5 Å². The number of carbonyl (C=O) groups excluding carboxylic acids is 1. The van der Waals surface area contributed by atoms with Crippen molar-refractivity contribution in [1.29, 1.82) is 0 Å². The third-order valence-corrected chi connectivity index (χ3v) is 5.71. The average Bonchev–Trinajstić information content (AvgIpc) is 3.04. The Morgan fingerprint density at radius 2 is 2.00 bits per heavy atom. The zero-order chi connectivity index (χ0) is 16.2. The quantitative estimate of drug-likeness (QED) is 0.658. The third kappa shape index (κ3) is 4.47. The van der Waals surface area contributed by atoms with Gasteiger partial charge in [0.05, 0.1) is 5.92 Å². The summed E-state index contributed by atoms with van der Waals surface area (Å²) in [7, 11) is 0. The van der Waals surface area contributed by atoms with Crippen molar-refractivity contribution in [3.63, 3.8) is 0 Å². The SMILES string of the molecule is CCC[C@@H](C(=O)OCCN1C[C@H](C)CC1(C)C)C1CCCC1. The second-order valence-corrected chi connectivity index (χ2v) is 8.17. The van der Waals surface area contributed by atoms with Crippen molar-refractivity contribution in [3.8, 4) is 0 Å². The summed E-state index contributed by atoms with van der Waals surface area (Å²) in [5, 5.41) is 0. The van der Waals surface area contributed by atoms with Crippen LogP contribution < -0.4 is 0 Å². The van der Waals surface area contributed by atoms with Gasteiger partial charge in [0.1, 0.15) is 6.61 Å². The second-order valence-electron chi connectivity index (χ2n) is 8.17. The fourth-order valence-corrected chi connectivity index (χ4v) is 4.64. The van der Waals surface area contributed by atoms with Gasteiger partial charge < -0.3 is 4.74 Å². The Bertz CT molecular complexity index is 360. The summed E-state index contributed by atoms with van der Waals surface area (Å²) in [5.74, 6) is 1.55. The molecular formula is C19H35NO2. The third-order valence-electron chi connectivity index (χ3n) is 5.71. The van der Waals surface area contributed by atoms with Crippen LogP contribution in [0.25, 0.3) is 0 Å². The zero-order valence-electron chi connectivity index (χ0n) is 15.1. The Morgan fingerprint density at radius 3 is 2.55 bits per heavy atom. The minimum Gasteiger partial charge on any atom is -0.464 e. The maximum absolute atomic E-state index is 12.5. The lowest BCUT2D eigenvalue weighted by molar-refractivity contribution is -0.151. The summed E-state index contributed by atoms with van der Waals surface area (Å²) in [6.45, 7) is 11.7. The van der Waals surface area contributed by atoms with Gasteiger partial charge in [-0.3, -0.25) is 9.69 Å². The number of rotatable bonds is 7. The molecule has 22 heavy (non-hydrogen) atoms. The van der Waals surface area contributed by atoms with Crippen molar-refractivity contribution in [2.75, 3.05) is 19.7 Å². The molecule has 0 N–H and O–H groups in total. The van der Waals surface area contributed by atoms with Crippen LogP contribution in [0.3, 0.4) is 0 Å². The smallest absolute Gasteiger partial charge is 0.309 e. The number of nitrogens with zero attached hydrogens (tertiary/aromatic N) is 1. The average molecular weight is 309 g/mol. The first kappa shape index (κ1) is 17.8. The molecule has 2 aliphatic rings. The van der Waals surface area contributed by atoms with Crippen molar-refractivity contribution < 1.29 is 9.53 Å². The van der Waals surface area contributed by atoms with Crippen LogP contribution in [-0.4, -0.2) is 36.1 Å². The van der Waals surface area contributed by atoms with Crippen LogP contribution >= 0.6 is 0 Å². The Kier molecular flexibility index (Phi) is 6.31. The van der Waals surface area contributed by atoms with E-state index in [1.165, 1.54) is 32.1 Å². The molecule has 3 nitrogen and oxygen atoms in total. The van der Waals surface area contributed by atoms with E-state index in [1.54, 1.807) is 0 Å². The van der Waals surface area contributed by atoms with E-state index in [0.29, 0.717) is 12.5 Å². The van der Waals surface area contributed by atoms with Gasteiger partial charge >= 0.3 is 5.97 Å². The summed E-state index contributed by atoms with van der Waals surface area (Å²) >= 11 is 0. The number of hydrogen-bond donors (Lipinski definition) is 0. The highest BCUT2D eigenvalue weighted by atomic mass is 16.5. The number of ether oxygens (including phenoxy) is 1. The van der Waals surface area contributed by atoms with Crippen molar-refractivity contribution in [2.24, 2.45) is 17.8 Å². The molecule has 2 rings (SSSR count). The fourth-order valence-electron chi connectivity index (χ4n) is 4.64. The van der Waals surface area contributed by atoms with Crippen molar-refractivity contribution in [2.45, 2.75) is 78.2 Å². The van der Waals surface area contributed by atoms with Gasteiger partial charge in [-0.15, -0.1) is 0 Å². The number of esters is 1. The first-order valence-electron chi connectivity index (χ1n) is 9.35. The van der Waals surface area contributed by atoms with E-state index in [9.17, 15) is 4.79 Å². The van der Waals surface area contributed by atoms with Crippen molar-refractivity contribution in [1.82, 2.24) is 4.90 Å². The first-order valence-corrected chi connectivity index (χ1v) is 9.35. The molecule has 0 amide bonds. The highest BCUT2D eigenvalue weighted by Crippen LogP contribution is 2.35. The van der Waals surface area contributed by atoms with Crippen LogP contribution in [-0.2, 0) is 9.53 Å². The van der Waals surface area contributed by atoms with Crippen LogP contribution in [0.5, 0.6) is 0 Å². The molecule has 1 aliphatic carbocycles. The molecule has 0 aromatic heterocycles. The van der Waals surface area contributed by atoms with E-state index in [2.05, 4.69) is 32.6 Å². The van der Waals surface area contributed by atoms with Gasteiger partial charge in [0.25, 0.3) is 0 Å². The highest BCUT2D eigenvalue weighted by Gasteiger charge is 2.36. The van der Waals surface area contributed by atoms with Gasteiger partial charge in [-0.05, 0) is 51.4 Å². The molecule has 2 atom stereocenters. The van der Waals surface area contributed by atoms with E-state index >= 15 is 0 Å². The molecule has 0 unspecified atom stereocenters. The molecule has 1 heterocycles. The fraction of sp³-hybridized carbons (Fsp3) is 0.947. The van der Waals surface area contributed by atoms with Gasteiger partial charge in [0, 0.05) is 18.6 Å². The Hall–Kier alpha value is -0.570. The minimum atomic E-state index is 0.0683. The summed E-state index contributed by atoms with van der Waals surface area (Å²) < 4.78 is 5.68. The lowest BCUT2D eigenvalue weighted by Crippen LogP contribution is -2.40. The Labute approximate surface area is 136 Å². The molecule has 0 spiro atoms. The summed E-state index contributed by atoms with van der Waals surface area (Å²) in [4.78, 5) is 15.0. The van der Waals surface area contributed by atoms with Gasteiger partial charge in [-0.25, -0.2) is 0 Å². The van der Waals surface area contributed by atoms with Crippen LogP contribution in [0.2, 0.25) is 0 Å². The molecular weight excluding hydrogens is 274 g/mol. The predicted molar refractivity (Wildman–Crippen MR) is 90.7 cm³/mol. The molecule has 0 aromatic carbocycles. The van der Waals surface area contributed by atoms with Gasteiger partial charge in [-0.2, -0.15) is 0 Å². The molecule has 128 valence electrons. The van der Waals surface area contributed by atoms with Crippen molar-refractivity contribution in [3.05, 3.63) is 0 Å². The van der Waals surface area contributed by atoms with E-state index in [0.717, 1.165) is 31.8 Å². The summed E-state index contributed by atoms with van der Waals surface area (Å²) in [6, 6.07) is 0. The zero-order valence-corrected chi connectivity index (χ0v) is 15.1. The molecule has 3 heteroatoms. The lowest BCUT2D eigenvalue weighted by Gasteiger charge is -2.31. The molecule has 1 saturated carbocycles. The van der Waals surface area contributed by atoms with E-state index in [1.807, 2.05) is 0 Å². The molecule has 2 fully saturated rings. The Balaban J connectivity index is 1.78. The van der Waals surface area contributed by atoms with E-state index in [-0.39, 0.29) is 17.4 Å². The molecule has 0 radical (unpaired) electrons. The van der Waals surface area contributed by atoms with Crippen LogP contribution in [0, 0.1) is 17.8 Å². The van der Waals surface area contributed by atoms with Crippen LogP contribution in [0.4, 0.5) is 0 Å². The minimum absolute atomic E-state index is 0.0683. The Morgan fingerprint density at radius 1 is 1.32 bits per heavy atom. The van der Waals surface area contributed by atoms with Gasteiger partial charge in [0.15, 0.2) is 0 Å². The molecule has 1 saturated heterocycles. The summed E-state index contributed by atoms with van der Waals surface area (Å²) in [5.41, 5.74) is 0.250.